The fourth-order valence-electron chi connectivity index (χ4n) is 3.59. The largest absolute Gasteiger partial charge is 0.329 e. The highest BCUT2D eigenvalue weighted by molar-refractivity contribution is 5.96. The van der Waals surface area contributed by atoms with Crippen molar-refractivity contribution < 1.29 is 9.59 Å². The Hall–Kier alpha value is -3.48. The molecule has 1 aromatic heterocycles. The third kappa shape index (κ3) is 3.38. The average molecular weight is 375 g/mol. The van der Waals surface area contributed by atoms with Gasteiger partial charge in [-0.25, -0.2) is 0 Å². The molecule has 4 rings (SSSR count). The SMILES string of the molecule is CC(=O)Nc1cccc(C(=O)N2Cc3nnc(-c4ccccc4)n3[C@@H](C)C2)c1. The summed E-state index contributed by atoms with van der Waals surface area (Å²) in [4.78, 5) is 26.1. The highest BCUT2D eigenvalue weighted by Crippen LogP contribution is 2.28. The lowest BCUT2D eigenvalue weighted by molar-refractivity contribution is -0.114. The number of fused-ring (bicyclic) bond motifs is 1. The van der Waals surface area contributed by atoms with Gasteiger partial charge in [0.1, 0.15) is 0 Å². The van der Waals surface area contributed by atoms with Gasteiger partial charge in [0.25, 0.3) is 5.91 Å². The van der Waals surface area contributed by atoms with Gasteiger partial charge in [-0.1, -0.05) is 36.4 Å². The minimum Gasteiger partial charge on any atom is -0.329 e. The first-order valence-electron chi connectivity index (χ1n) is 9.19. The number of carbonyl (C=O) groups is 2. The van der Waals surface area contributed by atoms with E-state index in [0.29, 0.717) is 24.3 Å². The molecule has 0 radical (unpaired) electrons. The van der Waals surface area contributed by atoms with Gasteiger partial charge >= 0.3 is 0 Å². The number of nitrogens with one attached hydrogen (secondary N) is 1. The number of amides is 2. The van der Waals surface area contributed by atoms with Crippen LogP contribution in [0.1, 0.15) is 36.1 Å². The van der Waals surface area contributed by atoms with Gasteiger partial charge in [-0.3, -0.25) is 9.59 Å². The van der Waals surface area contributed by atoms with Gasteiger partial charge in [0.2, 0.25) is 5.91 Å². The van der Waals surface area contributed by atoms with Gasteiger partial charge in [0.05, 0.1) is 12.6 Å². The van der Waals surface area contributed by atoms with Crippen molar-refractivity contribution in [3.8, 4) is 11.4 Å². The summed E-state index contributed by atoms with van der Waals surface area (Å²) in [5.41, 5.74) is 2.16. The summed E-state index contributed by atoms with van der Waals surface area (Å²) in [5.74, 6) is 1.33. The van der Waals surface area contributed by atoms with E-state index in [1.165, 1.54) is 6.92 Å². The van der Waals surface area contributed by atoms with Gasteiger partial charge in [-0.05, 0) is 25.1 Å². The van der Waals surface area contributed by atoms with Crippen LogP contribution in [0.3, 0.4) is 0 Å². The Labute approximate surface area is 163 Å². The van der Waals surface area contributed by atoms with Gasteiger partial charge < -0.3 is 14.8 Å². The zero-order valence-electron chi connectivity index (χ0n) is 15.8. The van der Waals surface area contributed by atoms with Crippen molar-refractivity contribution in [1.29, 1.82) is 0 Å². The molecule has 1 atom stereocenters. The molecule has 2 heterocycles. The molecule has 0 bridgehead atoms. The molecule has 7 nitrogen and oxygen atoms in total. The summed E-state index contributed by atoms with van der Waals surface area (Å²) in [6.07, 6.45) is 0. The van der Waals surface area contributed by atoms with Crippen molar-refractivity contribution in [2.75, 3.05) is 11.9 Å². The predicted molar refractivity (Wildman–Crippen MR) is 106 cm³/mol. The minimum atomic E-state index is -0.169. The molecular formula is C21H21N5O2. The summed E-state index contributed by atoms with van der Waals surface area (Å²) in [6.45, 7) is 4.46. The molecule has 1 aliphatic heterocycles. The Balaban J connectivity index is 1.59. The number of rotatable bonds is 3. The molecule has 0 saturated heterocycles. The van der Waals surface area contributed by atoms with Crippen LogP contribution in [0.25, 0.3) is 11.4 Å². The first kappa shape index (κ1) is 17.9. The molecule has 7 heteroatoms. The van der Waals surface area contributed by atoms with Crippen LogP contribution in [0.4, 0.5) is 5.69 Å². The second kappa shape index (κ2) is 7.26. The topological polar surface area (TPSA) is 80.1 Å². The van der Waals surface area contributed by atoms with Gasteiger partial charge in [-0.15, -0.1) is 10.2 Å². The van der Waals surface area contributed by atoms with Crippen LogP contribution in [0.15, 0.2) is 54.6 Å². The molecule has 2 aromatic carbocycles. The van der Waals surface area contributed by atoms with Crippen molar-refractivity contribution in [3.63, 3.8) is 0 Å². The van der Waals surface area contributed by atoms with E-state index in [2.05, 4.69) is 27.0 Å². The van der Waals surface area contributed by atoms with E-state index in [1.807, 2.05) is 30.3 Å². The lowest BCUT2D eigenvalue weighted by Crippen LogP contribution is -2.40. The number of benzene rings is 2. The monoisotopic (exact) mass is 375 g/mol. The zero-order chi connectivity index (χ0) is 19.7. The second-order valence-electron chi connectivity index (χ2n) is 6.97. The number of aromatic nitrogens is 3. The van der Waals surface area contributed by atoms with Crippen molar-refractivity contribution in [3.05, 3.63) is 66.0 Å². The third-order valence-corrected chi connectivity index (χ3v) is 4.77. The van der Waals surface area contributed by atoms with Crippen LogP contribution in [0.2, 0.25) is 0 Å². The molecule has 1 aliphatic rings. The average Bonchev–Trinajstić information content (AvgIpc) is 3.12. The second-order valence-corrected chi connectivity index (χ2v) is 6.97. The normalized spacial score (nSPS) is 15.8. The Morgan fingerprint density at radius 3 is 2.61 bits per heavy atom. The van der Waals surface area contributed by atoms with Gasteiger partial charge in [-0.2, -0.15) is 0 Å². The van der Waals surface area contributed by atoms with Crippen molar-refractivity contribution in [1.82, 2.24) is 19.7 Å². The Morgan fingerprint density at radius 2 is 1.86 bits per heavy atom. The molecule has 3 aromatic rings. The smallest absolute Gasteiger partial charge is 0.254 e. The molecule has 0 unspecified atom stereocenters. The molecule has 0 spiro atoms. The maximum Gasteiger partial charge on any atom is 0.254 e. The highest BCUT2D eigenvalue weighted by atomic mass is 16.2. The molecule has 2 amide bonds. The number of nitrogens with zero attached hydrogens (tertiary/aromatic N) is 4. The summed E-state index contributed by atoms with van der Waals surface area (Å²) >= 11 is 0. The van der Waals surface area contributed by atoms with Crippen LogP contribution in [-0.2, 0) is 11.3 Å². The van der Waals surface area contributed by atoms with Crippen molar-refractivity contribution in [2.45, 2.75) is 26.4 Å². The Kier molecular flexibility index (Phi) is 4.65. The Morgan fingerprint density at radius 1 is 1.07 bits per heavy atom. The predicted octanol–water partition coefficient (Wildman–Crippen LogP) is 3.12. The summed E-state index contributed by atoms with van der Waals surface area (Å²) in [6, 6.07) is 17.0. The standard InChI is InChI=1S/C21H21N5O2/c1-14-12-25(21(28)17-9-6-10-18(11-17)22-15(2)27)13-19-23-24-20(26(14)19)16-7-4-3-5-8-16/h3-11,14H,12-13H2,1-2H3,(H,22,27)/t14-/m0/s1. The van der Waals surface area contributed by atoms with E-state index >= 15 is 0 Å². The molecular weight excluding hydrogens is 354 g/mol. The highest BCUT2D eigenvalue weighted by Gasteiger charge is 2.30. The molecule has 0 saturated carbocycles. The maximum atomic E-state index is 13.0. The molecule has 28 heavy (non-hydrogen) atoms. The van der Waals surface area contributed by atoms with Crippen molar-refractivity contribution in [2.24, 2.45) is 0 Å². The number of carbonyl (C=O) groups excluding carboxylic acids is 2. The fraction of sp³-hybridized carbons (Fsp3) is 0.238. The number of anilines is 1. The minimum absolute atomic E-state index is 0.0523. The lowest BCUT2D eigenvalue weighted by atomic mass is 10.1. The molecule has 0 aliphatic carbocycles. The summed E-state index contributed by atoms with van der Waals surface area (Å²) < 4.78 is 2.10. The molecule has 1 N–H and O–H groups in total. The lowest BCUT2D eigenvalue weighted by Gasteiger charge is -2.32. The quantitative estimate of drug-likeness (QED) is 0.763. The van der Waals surface area contributed by atoms with E-state index in [0.717, 1.165) is 17.2 Å². The van der Waals surface area contributed by atoms with E-state index in [1.54, 1.807) is 29.2 Å². The first-order chi connectivity index (χ1) is 13.5. The van der Waals surface area contributed by atoms with E-state index < -0.39 is 0 Å². The zero-order valence-corrected chi connectivity index (χ0v) is 15.8. The van der Waals surface area contributed by atoms with Crippen LogP contribution >= 0.6 is 0 Å². The maximum absolute atomic E-state index is 13.0. The summed E-state index contributed by atoms with van der Waals surface area (Å²) in [5, 5.41) is 11.4. The molecule has 142 valence electrons. The van der Waals surface area contributed by atoms with Crippen LogP contribution in [0.5, 0.6) is 0 Å². The number of hydrogen-bond acceptors (Lipinski definition) is 4. The van der Waals surface area contributed by atoms with E-state index in [4.69, 9.17) is 0 Å². The van der Waals surface area contributed by atoms with Crippen LogP contribution in [0, 0.1) is 0 Å². The van der Waals surface area contributed by atoms with Gasteiger partial charge in [0, 0.05) is 30.3 Å². The van der Waals surface area contributed by atoms with Crippen molar-refractivity contribution >= 4 is 17.5 Å². The van der Waals surface area contributed by atoms with E-state index in [9.17, 15) is 9.59 Å². The third-order valence-electron chi connectivity index (χ3n) is 4.77. The first-order valence-corrected chi connectivity index (χ1v) is 9.19. The van der Waals surface area contributed by atoms with Crippen LogP contribution in [-0.4, -0.2) is 38.0 Å². The fourth-order valence-corrected chi connectivity index (χ4v) is 3.59. The van der Waals surface area contributed by atoms with E-state index in [-0.39, 0.29) is 17.9 Å². The summed E-state index contributed by atoms with van der Waals surface area (Å²) in [7, 11) is 0. The Bertz CT molecular complexity index is 1030. The number of hydrogen-bond donors (Lipinski definition) is 1. The molecule has 0 fully saturated rings. The van der Waals surface area contributed by atoms with Gasteiger partial charge in [0.15, 0.2) is 11.6 Å². The van der Waals surface area contributed by atoms with Crippen LogP contribution < -0.4 is 5.32 Å².